The van der Waals surface area contributed by atoms with E-state index in [0.29, 0.717) is 0 Å². The van der Waals surface area contributed by atoms with Crippen LogP contribution in [0.5, 0.6) is 0 Å². The van der Waals surface area contributed by atoms with Gasteiger partial charge in [-0.15, -0.1) is 0 Å². The van der Waals surface area contributed by atoms with E-state index < -0.39 is 6.29 Å². The number of ether oxygens (including phenoxy) is 2. The molecule has 0 amide bonds. The molecule has 0 N–H and O–H groups in total. The summed E-state index contributed by atoms with van der Waals surface area (Å²) in [6.45, 7) is 0. The Morgan fingerprint density at radius 3 is 1.55 bits per heavy atom. The number of rotatable bonds is 3. The summed E-state index contributed by atoms with van der Waals surface area (Å²) >= 11 is 6.56. The first-order valence-corrected chi connectivity index (χ1v) is 6.80. The topological polar surface area (TPSA) is 18.5 Å². The van der Waals surface area contributed by atoms with Crippen LogP contribution in [-0.2, 0) is 9.47 Å². The van der Waals surface area contributed by atoms with E-state index in [4.69, 9.17) is 21.1 Å². The van der Waals surface area contributed by atoms with E-state index in [1.54, 1.807) is 14.2 Å². The minimum absolute atomic E-state index is 0.415. The van der Waals surface area contributed by atoms with Gasteiger partial charge in [-0.1, -0.05) is 60.1 Å². The molecule has 0 aromatic heterocycles. The van der Waals surface area contributed by atoms with Crippen molar-refractivity contribution >= 4 is 33.1 Å². The molecule has 0 radical (unpaired) electrons. The van der Waals surface area contributed by atoms with E-state index in [9.17, 15) is 0 Å². The van der Waals surface area contributed by atoms with Crippen molar-refractivity contribution in [2.45, 2.75) is 6.29 Å². The molecule has 0 unspecified atom stereocenters. The van der Waals surface area contributed by atoms with Crippen molar-refractivity contribution in [1.82, 2.24) is 0 Å². The van der Waals surface area contributed by atoms with E-state index in [2.05, 4.69) is 0 Å². The Labute approximate surface area is 122 Å². The van der Waals surface area contributed by atoms with Crippen molar-refractivity contribution in [3.8, 4) is 0 Å². The smallest absolute Gasteiger partial charge is 0.184 e. The lowest BCUT2D eigenvalue weighted by Crippen LogP contribution is -2.05. The molecule has 0 bridgehead atoms. The zero-order valence-corrected chi connectivity index (χ0v) is 12.1. The van der Waals surface area contributed by atoms with Crippen molar-refractivity contribution in [2.24, 2.45) is 0 Å². The molecule has 0 aliphatic carbocycles. The van der Waals surface area contributed by atoms with Crippen LogP contribution in [-0.4, -0.2) is 14.2 Å². The molecule has 102 valence electrons. The van der Waals surface area contributed by atoms with Gasteiger partial charge in [-0.05, 0) is 10.8 Å². The highest BCUT2D eigenvalue weighted by molar-refractivity contribution is 6.41. The summed E-state index contributed by atoms with van der Waals surface area (Å²) in [5, 5.41) is 4.92. The maximum atomic E-state index is 6.56. The first-order chi connectivity index (χ1) is 9.77. The summed E-state index contributed by atoms with van der Waals surface area (Å²) in [7, 11) is 3.29. The standard InChI is InChI=1S/C17H15ClO2/c1-19-17(20-2)15-11-7-3-5-9-13(11)16(18)14-10-6-4-8-12(14)15/h3-10,17H,1-2H3. The molecule has 0 spiro atoms. The van der Waals surface area contributed by atoms with Gasteiger partial charge in [-0.25, -0.2) is 0 Å². The Morgan fingerprint density at radius 2 is 1.15 bits per heavy atom. The highest BCUT2D eigenvalue weighted by atomic mass is 35.5. The molecule has 2 nitrogen and oxygen atoms in total. The second-order valence-corrected chi connectivity index (χ2v) is 5.00. The monoisotopic (exact) mass is 286 g/mol. The van der Waals surface area contributed by atoms with Gasteiger partial charge >= 0.3 is 0 Å². The summed E-state index contributed by atoms with van der Waals surface area (Å²) in [6.07, 6.45) is -0.415. The van der Waals surface area contributed by atoms with Gasteiger partial charge < -0.3 is 9.47 Å². The molecule has 0 aliphatic heterocycles. The van der Waals surface area contributed by atoms with E-state index >= 15 is 0 Å². The van der Waals surface area contributed by atoms with Crippen molar-refractivity contribution < 1.29 is 9.47 Å². The van der Waals surface area contributed by atoms with Crippen LogP contribution in [0.1, 0.15) is 11.9 Å². The van der Waals surface area contributed by atoms with Crippen LogP contribution in [0, 0.1) is 0 Å². The molecule has 0 aliphatic rings. The predicted octanol–water partition coefficient (Wildman–Crippen LogP) is 4.94. The van der Waals surface area contributed by atoms with Gasteiger partial charge in [0.15, 0.2) is 6.29 Å². The zero-order valence-electron chi connectivity index (χ0n) is 11.4. The fourth-order valence-corrected chi connectivity index (χ4v) is 3.02. The van der Waals surface area contributed by atoms with Gasteiger partial charge in [0.05, 0.1) is 5.02 Å². The van der Waals surface area contributed by atoms with Crippen LogP contribution in [0.4, 0.5) is 0 Å². The van der Waals surface area contributed by atoms with Crippen molar-refractivity contribution in [3.63, 3.8) is 0 Å². The number of fused-ring (bicyclic) bond motifs is 2. The van der Waals surface area contributed by atoms with Crippen LogP contribution in [0.15, 0.2) is 48.5 Å². The summed E-state index contributed by atoms with van der Waals surface area (Å²) in [4.78, 5) is 0. The molecule has 0 heterocycles. The third-order valence-electron chi connectivity index (χ3n) is 3.57. The molecule has 3 aromatic carbocycles. The van der Waals surface area contributed by atoms with E-state index in [0.717, 1.165) is 32.1 Å². The first-order valence-electron chi connectivity index (χ1n) is 6.42. The molecule has 20 heavy (non-hydrogen) atoms. The largest absolute Gasteiger partial charge is 0.352 e. The Hall–Kier alpha value is -1.61. The second-order valence-electron chi connectivity index (χ2n) is 4.62. The van der Waals surface area contributed by atoms with Crippen molar-refractivity contribution in [3.05, 3.63) is 59.1 Å². The van der Waals surface area contributed by atoms with Gasteiger partial charge in [0, 0.05) is 30.6 Å². The van der Waals surface area contributed by atoms with Crippen molar-refractivity contribution in [1.29, 1.82) is 0 Å². The lowest BCUT2D eigenvalue weighted by molar-refractivity contribution is -0.104. The molecule has 0 atom stereocenters. The number of halogens is 1. The average molecular weight is 287 g/mol. The highest BCUT2D eigenvalue weighted by Crippen LogP contribution is 2.39. The lowest BCUT2D eigenvalue weighted by Gasteiger charge is -2.20. The number of hydrogen-bond acceptors (Lipinski definition) is 2. The minimum atomic E-state index is -0.415. The van der Waals surface area contributed by atoms with Crippen LogP contribution in [0.2, 0.25) is 5.02 Å². The normalized spacial score (nSPS) is 11.6. The number of methoxy groups -OCH3 is 2. The van der Waals surface area contributed by atoms with Crippen LogP contribution >= 0.6 is 11.6 Å². The molecule has 3 rings (SSSR count). The fraction of sp³-hybridized carbons (Fsp3) is 0.176. The quantitative estimate of drug-likeness (QED) is 0.502. The molecule has 0 saturated carbocycles. The fourth-order valence-electron chi connectivity index (χ4n) is 2.69. The second kappa shape index (κ2) is 5.41. The van der Waals surface area contributed by atoms with Crippen LogP contribution in [0.25, 0.3) is 21.5 Å². The maximum Gasteiger partial charge on any atom is 0.184 e. The predicted molar refractivity (Wildman–Crippen MR) is 83.2 cm³/mol. The van der Waals surface area contributed by atoms with Gasteiger partial charge in [0.1, 0.15) is 0 Å². The third kappa shape index (κ3) is 1.97. The first kappa shape index (κ1) is 13.4. The van der Waals surface area contributed by atoms with E-state index in [1.807, 2.05) is 48.5 Å². The Balaban J connectivity index is 2.52. The zero-order chi connectivity index (χ0) is 14.1. The average Bonchev–Trinajstić information content (AvgIpc) is 2.51. The van der Waals surface area contributed by atoms with Crippen molar-refractivity contribution in [2.75, 3.05) is 14.2 Å². The summed E-state index contributed by atoms with van der Waals surface area (Å²) < 4.78 is 11.0. The number of hydrogen-bond donors (Lipinski definition) is 0. The molecular formula is C17H15ClO2. The summed E-state index contributed by atoms with van der Waals surface area (Å²) in [5.74, 6) is 0. The van der Waals surface area contributed by atoms with E-state index in [-0.39, 0.29) is 0 Å². The Bertz CT molecular complexity index is 706. The molecule has 3 heteroatoms. The van der Waals surface area contributed by atoms with Gasteiger partial charge in [0.2, 0.25) is 0 Å². The molecule has 3 aromatic rings. The number of benzene rings is 3. The van der Waals surface area contributed by atoms with E-state index in [1.165, 1.54) is 0 Å². The minimum Gasteiger partial charge on any atom is -0.352 e. The Kier molecular flexibility index (Phi) is 3.62. The lowest BCUT2D eigenvalue weighted by atomic mass is 9.96. The molecule has 0 saturated heterocycles. The van der Waals surface area contributed by atoms with Gasteiger partial charge in [0.25, 0.3) is 0 Å². The summed E-state index contributed by atoms with van der Waals surface area (Å²) in [5.41, 5.74) is 1.02. The maximum absolute atomic E-state index is 6.56. The molecule has 0 fully saturated rings. The SMILES string of the molecule is COC(OC)c1c2ccccc2c(Cl)c2ccccc12. The van der Waals surface area contributed by atoms with Gasteiger partial charge in [-0.2, -0.15) is 0 Å². The van der Waals surface area contributed by atoms with Crippen LogP contribution in [0.3, 0.4) is 0 Å². The van der Waals surface area contributed by atoms with Gasteiger partial charge in [-0.3, -0.25) is 0 Å². The van der Waals surface area contributed by atoms with Crippen LogP contribution < -0.4 is 0 Å². The summed E-state index contributed by atoms with van der Waals surface area (Å²) in [6, 6.07) is 16.1. The highest BCUT2D eigenvalue weighted by Gasteiger charge is 2.19. The molecular weight excluding hydrogens is 272 g/mol. The third-order valence-corrected chi connectivity index (χ3v) is 3.98. The Morgan fingerprint density at radius 1 is 0.750 bits per heavy atom.